The molecule has 0 bridgehead atoms. The van der Waals surface area contributed by atoms with Crippen molar-refractivity contribution in [1.29, 1.82) is 0 Å². The number of benzene rings is 2. The zero-order chi connectivity index (χ0) is 18.0. The van der Waals surface area contributed by atoms with Crippen molar-refractivity contribution < 1.29 is 9.59 Å². The Morgan fingerprint density at radius 1 is 1.16 bits per heavy atom. The van der Waals surface area contributed by atoms with E-state index in [1.54, 1.807) is 4.90 Å². The van der Waals surface area contributed by atoms with Gasteiger partial charge < -0.3 is 10.2 Å². The summed E-state index contributed by atoms with van der Waals surface area (Å²) in [5, 5.41) is 3.00. The number of hydrogen-bond acceptors (Lipinski definition) is 2. The largest absolute Gasteiger partial charge is 0.326 e. The summed E-state index contributed by atoms with van der Waals surface area (Å²) < 4.78 is 0. The van der Waals surface area contributed by atoms with Crippen molar-refractivity contribution >= 4 is 23.2 Å². The number of carbonyl (C=O) groups is 2. The van der Waals surface area contributed by atoms with Gasteiger partial charge in [-0.05, 0) is 55.2 Å². The number of nitrogens with one attached hydrogen (secondary N) is 1. The molecule has 1 aliphatic heterocycles. The summed E-state index contributed by atoms with van der Waals surface area (Å²) in [4.78, 5) is 26.8. The van der Waals surface area contributed by atoms with Gasteiger partial charge >= 0.3 is 0 Å². The molecule has 0 aromatic heterocycles. The van der Waals surface area contributed by atoms with Gasteiger partial charge in [0, 0.05) is 24.3 Å². The smallest absolute Gasteiger partial charge is 0.229 e. The van der Waals surface area contributed by atoms with E-state index in [9.17, 15) is 9.59 Å². The van der Waals surface area contributed by atoms with Crippen molar-refractivity contribution in [2.24, 2.45) is 5.92 Å². The topological polar surface area (TPSA) is 49.4 Å². The lowest BCUT2D eigenvalue weighted by Crippen LogP contribution is -2.28. The zero-order valence-electron chi connectivity index (χ0n) is 15.0. The van der Waals surface area contributed by atoms with Crippen molar-refractivity contribution in [3.63, 3.8) is 0 Å². The number of carbonyl (C=O) groups excluding carboxylic acids is 2. The molecular formula is C21H24N2O2. The average Bonchev–Trinajstić information content (AvgIpc) is 3.00. The molecule has 25 heavy (non-hydrogen) atoms. The van der Waals surface area contributed by atoms with Crippen LogP contribution in [-0.2, 0) is 16.0 Å². The molecule has 4 nitrogen and oxygen atoms in total. The van der Waals surface area contributed by atoms with Gasteiger partial charge in [-0.25, -0.2) is 0 Å². The van der Waals surface area contributed by atoms with E-state index in [4.69, 9.17) is 0 Å². The fourth-order valence-electron chi connectivity index (χ4n) is 3.21. The molecule has 0 aliphatic carbocycles. The van der Waals surface area contributed by atoms with Crippen molar-refractivity contribution in [3.8, 4) is 0 Å². The Morgan fingerprint density at radius 3 is 2.64 bits per heavy atom. The number of hydrogen-bond donors (Lipinski definition) is 1. The van der Waals surface area contributed by atoms with E-state index in [1.807, 2.05) is 56.3 Å². The molecule has 130 valence electrons. The third kappa shape index (κ3) is 3.58. The third-order valence-corrected chi connectivity index (χ3v) is 4.95. The van der Waals surface area contributed by atoms with Gasteiger partial charge in [-0.1, -0.05) is 31.2 Å². The molecule has 1 saturated heterocycles. The third-order valence-electron chi connectivity index (χ3n) is 4.95. The van der Waals surface area contributed by atoms with E-state index in [1.165, 1.54) is 5.56 Å². The van der Waals surface area contributed by atoms with Crippen LogP contribution in [0.5, 0.6) is 0 Å². The quantitative estimate of drug-likeness (QED) is 0.922. The highest BCUT2D eigenvalue weighted by Gasteiger charge is 2.35. The van der Waals surface area contributed by atoms with Crippen LogP contribution in [0.15, 0.2) is 42.5 Å². The fraction of sp³-hybridized carbons (Fsp3) is 0.333. The molecule has 1 atom stereocenters. The first-order chi connectivity index (χ1) is 12.0. The molecule has 1 aliphatic rings. The predicted octanol–water partition coefficient (Wildman–Crippen LogP) is 3.86. The van der Waals surface area contributed by atoms with Crippen LogP contribution in [0, 0.1) is 19.8 Å². The second kappa shape index (κ2) is 7.09. The highest BCUT2D eigenvalue weighted by Crippen LogP contribution is 2.28. The van der Waals surface area contributed by atoms with Crippen molar-refractivity contribution in [3.05, 3.63) is 59.2 Å². The maximum Gasteiger partial charge on any atom is 0.229 e. The van der Waals surface area contributed by atoms with Crippen LogP contribution in [0.2, 0.25) is 0 Å². The van der Waals surface area contributed by atoms with E-state index in [0.29, 0.717) is 6.54 Å². The number of para-hydroxylation sites is 1. The summed E-state index contributed by atoms with van der Waals surface area (Å²) in [6.45, 7) is 6.57. The predicted molar refractivity (Wildman–Crippen MR) is 101 cm³/mol. The standard InChI is InChI=1S/C21H24N2O2/c1-4-16-7-5-6-8-19(16)22-21(25)17-12-20(24)23(13-17)18-10-9-14(2)15(3)11-18/h5-11,17H,4,12-13H2,1-3H3,(H,22,25). The summed E-state index contributed by atoms with van der Waals surface area (Å²) in [5.74, 6) is -0.396. The first-order valence-corrected chi connectivity index (χ1v) is 8.76. The summed E-state index contributed by atoms with van der Waals surface area (Å²) >= 11 is 0. The Morgan fingerprint density at radius 2 is 1.92 bits per heavy atom. The molecule has 3 rings (SSSR count). The van der Waals surface area contributed by atoms with Crippen LogP contribution in [0.25, 0.3) is 0 Å². The van der Waals surface area contributed by atoms with E-state index in [-0.39, 0.29) is 24.2 Å². The van der Waals surface area contributed by atoms with E-state index in [2.05, 4.69) is 12.2 Å². The Balaban J connectivity index is 1.73. The SMILES string of the molecule is CCc1ccccc1NC(=O)C1CC(=O)N(c2ccc(C)c(C)c2)C1. The van der Waals surface area contributed by atoms with Gasteiger partial charge in [0.15, 0.2) is 0 Å². The lowest BCUT2D eigenvalue weighted by Gasteiger charge is -2.18. The molecule has 0 saturated carbocycles. The Labute approximate surface area is 148 Å². The number of aryl methyl sites for hydroxylation is 3. The summed E-state index contributed by atoms with van der Waals surface area (Å²) in [6.07, 6.45) is 1.11. The number of rotatable bonds is 4. The van der Waals surface area contributed by atoms with E-state index >= 15 is 0 Å². The van der Waals surface area contributed by atoms with Crippen LogP contribution in [-0.4, -0.2) is 18.4 Å². The fourth-order valence-corrected chi connectivity index (χ4v) is 3.21. The van der Waals surface area contributed by atoms with Crippen LogP contribution in [0.4, 0.5) is 11.4 Å². The van der Waals surface area contributed by atoms with Gasteiger partial charge in [0.05, 0.1) is 5.92 Å². The molecule has 4 heteroatoms. The average molecular weight is 336 g/mol. The van der Waals surface area contributed by atoms with Gasteiger partial charge in [0.25, 0.3) is 0 Å². The second-order valence-corrected chi connectivity index (χ2v) is 6.67. The molecule has 1 heterocycles. The van der Waals surface area contributed by atoms with Crippen LogP contribution >= 0.6 is 0 Å². The minimum Gasteiger partial charge on any atom is -0.326 e. The summed E-state index contributed by atoms with van der Waals surface area (Å²) in [6, 6.07) is 13.8. The Kier molecular flexibility index (Phi) is 4.88. The Hall–Kier alpha value is -2.62. The van der Waals surface area contributed by atoms with Gasteiger partial charge in [-0.15, -0.1) is 0 Å². The molecule has 1 fully saturated rings. The minimum absolute atomic E-state index is 0.00665. The van der Waals surface area contributed by atoms with Crippen LogP contribution < -0.4 is 10.2 Å². The molecular weight excluding hydrogens is 312 g/mol. The van der Waals surface area contributed by atoms with E-state index in [0.717, 1.165) is 28.9 Å². The maximum atomic E-state index is 12.6. The molecule has 0 radical (unpaired) electrons. The van der Waals surface area contributed by atoms with Gasteiger partial charge in [-0.2, -0.15) is 0 Å². The van der Waals surface area contributed by atoms with Crippen molar-refractivity contribution in [2.75, 3.05) is 16.8 Å². The van der Waals surface area contributed by atoms with Crippen LogP contribution in [0.3, 0.4) is 0 Å². The first kappa shape index (κ1) is 17.2. The van der Waals surface area contributed by atoms with Crippen molar-refractivity contribution in [1.82, 2.24) is 0 Å². The van der Waals surface area contributed by atoms with Crippen LogP contribution in [0.1, 0.15) is 30.0 Å². The number of nitrogens with zero attached hydrogens (tertiary/aromatic N) is 1. The monoisotopic (exact) mass is 336 g/mol. The number of amides is 2. The van der Waals surface area contributed by atoms with E-state index < -0.39 is 0 Å². The molecule has 1 unspecified atom stereocenters. The normalized spacial score (nSPS) is 17.0. The minimum atomic E-state index is -0.320. The highest BCUT2D eigenvalue weighted by atomic mass is 16.2. The van der Waals surface area contributed by atoms with Gasteiger partial charge in [0.2, 0.25) is 11.8 Å². The molecule has 2 aromatic carbocycles. The second-order valence-electron chi connectivity index (χ2n) is 6.67. The summed E-state index contributed by atoms with van der Waals surface area (Å²) in [7, 11) is 0. The highest BCUT2D eigenvalue weighted by molar-refractivity contribution is 6.03. The lowest BCUT2D eigenvalue weighted by atomic mass is 10.1. The molecule has 0 spiro atoms. The maximum absolute atomic E-state index is 12.6. The Bertz CT molecular complexity index is 813. The molecule has 1 N–H and O–H groups in total. The van der Waals surface area contributed by atoms with Gasteiger partial charge in [-0.3, -0.25) is 9.59 Å². The zero-order valence-corrected chi connectivity index (χ0v) is 15.0. The number of anilines is 2. The van der Waals surface area contributed by atoms with Gasteiger partial charge in [0.1, 0.15) is 0 Å². The summed E-state index contributed by atoms with van der Waals surface area (Å²) in [5.41, 5.74) is 5.16. The lowest BCUT2D eigenvalue weighted by molar-refractivity contribution is -0.122. The molecule has 2 amide bonds. The van der Waals surface area contributed by atoms with Crippen molar-refractivity contribution in [2.45, 2.75) is 33.6 Å². The first-order valence-electron chi connectivity index (χ1n) is 8.76. The molecule has 2 aromatic rings.